The second-order valence-corrected chi connectivity index (χ2v) is 5.65. The quantitative estimate of drug-likeness (QED) is 0.702. The Morgan fingerprint density at radius 3 is 2.42 bits per heavy atom. The van der Waals surface area contributed by atoms with Crippen LogP contribution in [0.5, 0.6) is 5.75 Å². The van der Waals surface area contributed by atoms with Crippen LogP contribution in [0.1, 0.15) is 12.0 Å². The summed E-state index contributed by atoms with van der Waals surface area (Å²) in [4.78, 5) is 0. The molecule has 108 valence electrons. The van der Waals surface area contributed by atoms with Crippen molar-refractivity contribution in [3.05, 3.63) is 29.8 Å². The zero-order valence-corrected chi connectivity index (χ0v) is 11.0. The number of primary sulfonamides is 1. The zero-order valence-electron chi connectivity index (χ0n) is 10.2. The number of rotatable bonds is 8. The summed E-state index contributed by atoms with van der Waals surface area (Å²) < 4.78 is 49.4. The van der Waals surface area contributed by atoms with Gasteiger partial charge in [-0.2, -0.15) is 8.78 Å². The molecule has 0 aliphatic rings. The highest BCUT2D eigenvalue weighted by Gasteiger charge is 2.04. The molecule has 5 nitrogen and oxygen atoms in total. The Kier molecular flexibility index (Phi) is 6.13. The summed E-state index contributed by atoms with van der Waals surface area (Å²) in [7, 11) is -3.41. The van der Waals surface area contributed by atoms with Gasteiger partial charge in [-0.3, -0.25) is 0 Å². The molecule has 0 spiro atoms. The topological polar surface area (TPSA) is 81.4 Å². The molecule has 0 saturated heterocycles. The highest BCUT2D eigenvalue weighted by atomic mass is 32.2. The number of alkyl halides is 2. The van der Waals surface area contributed by atoms with Crippen LogP contribution in [-0.4, -0.2) is 27.3 Å². The second-order valence-electron chi connectivity index (χ2n) is 3.92. The van der Waals surface area contributed by atoms with Crippen molar-refractivity contribution in [2.75, 3.05) is 12.3 Å². The summed E-state index contributed by atoms with van der Waals surface area (Å²) >= 11 is 0. The fourth-order valence-corrected chi connectivity index (χ4v) is 1.97. The van der Waals surface area contributed by atoms with Crippen molar-refractivity contribution in [2.45, 2.75) is 19.6 Å². The number of hydrogen-bond acceptors (Lipinski definition) is 4. The van der Waals surface area contributed by atoms with Crippen LogP contribution in [0.4, 0.5) is 8.78 Å². The van der Waals surface area contributed by atoms with Crippen molar-refractivity contribution < 1.29 is 21.9 Å². The van der Waals surface area contributed by atoms with E-state index in [9.17, 15) is 17.2 Å². The second kappa shape index (κ2) is 7.37. The Labute approximate surface area is 110 Å². The van der Waals surface area contributed by atoms with Gasteiger partial charge in [-0.05, 0) is 30.7 Å². The summed E-state index contributed by atoms with van der Waals surface area (Å²) in [5.41, 5.74) is 0.886. The third-order valence-electron chi connectivity index (χ3n) is 2.26. The SMILES string of the molecule is NS(=O)(=O)CCCNCc1ccc(OC(F)F)cc1. The Morgan fingerprint density at radius 1 is 1.26 bits per heavy atom. The van der Waals surface area contributed by atoms with Gasteiger partial charge < -0.3 is 10.1 Å². The minimum atomic E-state index is -3.41. The summed E-state index contributed by atoms with van der Waals surface area (Å²) in [6.07, 6.45) is 0.422. The first-order valence-electron chi connectivity index (χ1n) is 5.62. The lowest BCUT2D eigenvalue weighted by Gasteiger charge is -2.07. The number of halogens is 2. The standard InChI is InChI=1S/C11H16F2N2O3S/c12-11(13)18-10-4-2-9(3-5-10)8-15-6-1-7-19(14,16)17/h2-5,11,15H,1,6-8H2,(H2,14,16,17). The van der Waals surface area contributed by atoms with E-state index in [1.54, 1.807) is 12.1 Å². The van der Waals surface area contributed by atoms with E-state index in [1.165, 1.54) is 12.1 Å². The molecule has 0 unspecified atom stereocenters. The van der Waals surface area contributed by atoms with E-state index < -0.39 is 16.6 Å². The smallest absolute Gasteiger partial charge is 0.387 e. The molecule has 0 bridgehead atoms. The van der Waals surface area contributed by atoms with Crippen LogP contribution in [0.15, 0.2) is 24.3 Å². The molecule has 8 heteroatoms. The largest absolute Gasteiger partial charge is 0.435 e. The normalized spacial score (nSPS) is 11.8. The number of sulfonamides is 1. The van der Waals surface area contributed by atoms with Crippen LogP contribution >= 0.6 is 0 Å². The first-order chi connectivity index (χ1) is 8.87. The van der Waals surface area contributed by atoms with Crippen LogP contribution in [-0.2, 0) is 16.6 Å². The van der Waals surface area contributed by atoms with Crippen molar-refractivity contribution in [1.82, 2.24) is 5.32 Å². The zero-order chi connectivity index (χ0) is 14.3. The predicted octanol–water partition coefficient (Wildman–Crippen LogP) is 1.06. The molecule has 0 aliphatic carbocycles. The molecule has 0 aliphatic heterocycles. The van der Waals surface area contributed by atoms with Crippen LogP contribution in [0.25, 0.3) is 0 Å². The van der Waals surface area contributed by atoms with E-state index >= 15 is 0 Å². The lowest BCUT2D eigenvalue weighted by molar-refractivity contribution is -0.0498. The third-order valence-corrected chi connectivity index (χ3v) is 3.12. The molecule has 0 heterocycles. The monoisotopic (exact) mass is 294 g/mol. The van der Waals surface area contributed by atoms with Crippen LogP contribution < -0.4 is 15.2 Å². The maximum absolute atomic E-state index is 11.9. The molecule has 0 fully saturated rings. The Hall–Kier alpha value is -1.25. The number of nitrogens with one attached hydrogen (secondary N) is 1. The summed E-state index contributed by atoms with van der Waals surface area (Å²) in [6.45, 7) is -1.81. The number of benzene rings is 1. The first kappa shape index (κ1) is 15.8. The Morgan fingerprint density at radius 2 is 1.89 bits per heavy atom. The molecule has 0 amide bonds. The van der Waals surface area contributed by atoms with Crippen molar-refractivity contribution in [3.63, 3.8) is 0 Å². The average Bonchev–Trinajstić information content (AvgIpc) is 2.28. The van der Waals surface area contributed by atoms with Crippen molar-refractivity contribution in [3.8, 4) is 5.75 Å². The minimum absolute atomic E-state index is 0.0683. The van der Waals surface area contributed by atoms with Crippen molar-refractivity contribution in [1.29, 1.82) is 0 Å². The van der Waals surface area contributed by atoms with Gasteiger partial charge in [0.15, 0.2) is 0 Å². The molecule has 0 aromatic heterocycles. The molecule has 19 heavy (non-hydrogen) atoms. The molecule has 0 radical (unpaired) electrons. The predicted molar refractivity (Wildman–Crippen MR) is 67.4 cm³/mol. The number of nitrogens with two attached hydrogens (primary N) is 1. The van der Waals surface area contributed by atoms with Crippen LogP contribution in [0.3, 0.4) is 0 Å². The Balaban J connectivity index is 2.26. The maximum atomic E-state index is 11.9. The summed E-state index contributed by atoms with van der Waals surface area (Å²) in [5.74, 6) is 0.0363. The molecule has 3 N–H and O–H groups in total. The Bertz CT molecular complexity index is 477. The molecule has 1 rings (SSSR count). The van der Waals surface area contributed by atoms with Gasteiger partial charge in [-0.1, -0.05) is 12.1 Å². The van der Waals surface area contributed by atoms with Crippen molar-refractivity contribution >= 4 is 10.0 Å². The van der Waals surface area contributed by atoms with Gasteiger partial charge >= 0.3 is 6.61 Å². The van der Waals surface area contributed by atoms with Crippen LogP contribution in [0.2, 0.25) is 0 Å². The van der Waals surface area contributed by atoms with Gasteiger partial charge in [0.05, 0.1) is 5.75 Å². The molecule has 1 aromatic carbocycles. The average molecular weight is 294 g/mol. The fraction of sp³-hybridized carbons (Fsp3) is 0.455. The third kappa shape index (κ3) is 7.70. The molecular formula is C11H16F2N2O3S. The van der Waals surface area contributed by atoms with Gasteiger partial charge in [0, 0.05) is 6.54 Å². The van der Waals surface area contributed by atoms with E-state index in [1.807, 2.05) is 0 Å². The maximum Gasteiger partial charge on any atom is 0.387 e. The minimum Gasteiger partial charge on any atom is -0.435 e. The van der Waals surface area contributed by atoms with E-state index in [0.717, 1.165) is 5.56 Å². The van der Waals surface area contributed by atoms with E-state index in [2.05, 4.69) is 10.1 Å². The first-order valence-corrected chi connectivity index (χ1v) is 7.33. The summed E-state index contributed by atoms with van der Waals surface area (Å²) in [5, 5.41) is 7.88. The molecule has 0 atom stereocenters. The van der Waals surface area contributed by atoms with Gasteiger partial charge in [-0.25, -0.2) is 13.6 Å². The van der Waals surface area contributed by atoms with Crippen molar-refractivity contribution in [2.24, 2.45) is 5.14 Å². The van der Waals surface area contributed by atoms with Gasteiger partial charge in [0.1, 0.15) is 5.75 Å². The van der Waals surface area contributed by atoms with Gasteiger partial charge in [0.25, 0.3) is 0 Å². The van der Waals surface area contributed by atoms with E-state index in [4.69, 9.17) is 5.14 Å². The molecule has 0 saturated carbocycles. The summed E-state index contributed by atoms with van der Waals surface area (Å²) in [6, 6.07) is 6.22. The number of ether oxygens (including phenoxy) is 1. The van der Waals surface area contributed by atoms with E-state index in [-0.39, 0.29) is 11.5 Å². The molecule has 1 aromatic rings. The van der Waals surface area contributed by atoms with Crippen LogP contribution in [0, 0.1) is 0 Å². The fourth-order valence-electron chi connectivity index (χ4n) is 1.42. The van der Waals surface area contributed by atoms with Gasteiger partial charge in [-0.15, -0.1) is 0 Å². The highest BCUT2D eigenvalue weighted by Crippen LogP contribution is 2.14. The highest BCUT2D eigenvalue weighted by molar-refractivity contribution is 7.89. The lowest BCUT2D eigenvalue weighted by atomic mass is 10.2. The number of hydrogen-bond donors (Lipinski definition) is 2. The lowest BCUT2D eigenvalue weighted by Crippen LogP contribution is -2.22. The molecular weight excluding hydrogens is 278 g/mol. The van der Waals surface area contributed by atoms with E-state index in [0.29, 0.717) is 19.5 Å². The van der Waals surface area contributed by atoms with Gasteiger partial charge in [0.2, 0.25) is 10.0 Å².